The lowest BCUT2D eigenvalue weighted by Crippen LogP contribution is -2.42. The van der Waals surface area contributed by atoms with Crippen LogP contribution in [0.1, 0.15) is 55.4 Å². The van der Waals surface area contributed by atoms with Gasteiger partial charge in [0.1, 0.15) is 0 Å². The zero-order valence-electron chi connectivity index (χ0n) is 23.4. The van der Waals surface area contributed by atoms with Crippen LogP contribution in [0, 0.1) is 0 Å². The second-order valence-corrected chi connectivity index (χ2v) is 14.4. The van der Waals surface area contributed by atoms with Crippen molar-refractivity contribution in [2.75, 3.05) is 0 Å². The summed E-state index contributed by atoms with van der Waals surface area (Å²) in [6.45, 7) is 16.7. The molecule has 2 fully saturated rings. The highest BCUT2D eigenvalue weighted by Gasteiger charge is 2.54. The molecule has 0 saturated carbocycles. The number of hydrogen-bond donors (Lipinski definition) is 0. The average Bonchev–Trinajstić information content (AvgIpc) is 3.21. The molecule has 4 nitrogen and oxygen atoms in total. The molecule has 3 aliphatic heterocycles. The summed E-state index contributed by atoms with van der Waals surface area (Å²) in [6.07, 6.45) is 0. The van der Waals surface area contributed by atoms with Gasteiger partial charge in [-0.05, 0) is 95.6 Å². The van der Waals surface area contributed by atoms with E-state index in [9.17, 15) is 0 Å². The van der Waals surface area contributed by atoms with E-state index in [1.165, 1.54) is 25.1 Å². The molecule has 0 N–H and O–H groups in total. The van der Waals surface area contributed by atoms with Crippen LogP contribution >= 0.6 is 23.5 Å². The molecule has 38 heavy (non-hydrogen) atoms. The van der Waals surface area contributed by atoms with Gasteiger partial charge in [-0.3, -0.25) is 0 Å². The fourth-order valence-corrected chi connectivity index (χ4v) is 7.27. The van der Waals surface area contributed by atoms with Crippen molar-refractivity contribution in [3.8, 4) is 11.1 Å². The van der Waals surface area contributed by atoms with Crippen LogP contribution in [0.15, 0.2) is 80.2 Å². The third-order valence-corrected chi connectivity index (χ3v) is 11.3. The monoisotopic (exact) mass is 544 g/mol. The summed E-state index contributed by atoms with van der Waals surface area (Å²) < 4.78 is 26.0. The van der Waals surface area contributed by atoms with Gasteiger partial charge in [-0.15, -0.1) is 0 Å². The lowest BCUT2D eigenvalue weighted by atomic mass is 9.69. The van der Waals surface area contributed by atoms with Crippen LogP contribution in [-0.2, 0) is 18.6 Å². The van der Waals surface area contributed by atoms with Gasteiger partial charge >= 0.3 is 14.2 Å². The van der Waals surface area contributed by atoms with Crippen molar-refractivity contribution < 1.29 is 18.6 Å². The predicted molar refractivity (Wildman–Crippen MR) is 158 cm³/mol. The van der Waals surface area contributed by atoms with E-state index in [-0.39, 0.29) is 0 Å². The van der Waals surface area contributed by atoms with Crippen molar-refractivity contribution in [3.05, 3.63) is 60.7 Å². The molecule has 0 atom stereocenters. The first-order chi connectivity index (χ1) is 17.8. The smallest absolute Gasteiger partial charge is 0.399 e. The zero-order chi connectivity index (χ0) is 27.1. The van der Waals surface area contributed by atoms with Crippen LogP contribution in [-0.4, -0.2) is 36.6 Å². The van der Waals surface area contributed by atoms with E-state index in [0.29, 0.717) is 0 Å². The maximum Gasteiger partial charge on any atom is 0.495 e. The maximum atomic E-state index is 6.60. The molecule has 6 rings (SSSR count). The normalized spacial score (nSPS) is 22.3. The number of benzene rings is 3. The quantitative estimate of drug-likeness (QED) is 0.272. The minimum Gasteiger partial charge on any atom is -0.399 e. The lowest BCUT2D eigenvalue weighted by molar-refractivity contribution is 0.00578. The first kappa shape index (κ1) is 26.5. The summed E-state index contributed by atoms with van der Waals surface area (Å²) in [5.41, 5.74) is 2.52. The van der Waals surface area contributed by atoms with E-state index in [0.717, 1.165) is 16.5 Å². The second kappa shape index (κ2) is 8.92. The van der Waals surface area contributed by atoms with E-state index in [2.05, 4.69) is 116 Å². The van der Waals surface area contributed by atoms with E-state index in [1.807, 2.05) is 23.5 Å². The molecule has 0 aromatic heterocycles. The zero-order valence-corrected chi connectivity index (χ0v) is 25.0. The molecule has 0 spiro atoms. The summed E-state index contributed by atoms with van der Waals surface area (Å²) in [4.78, 5) is 5.10. The van der Waals surface area contributed by atoms with Crippen molar-refractivity contribution >= 4 is 48.7 Å². The van der Waals surface area contributed by atoms with Crippen molar-refractivity contribution in [1.82, 2.24) is 0 Å². The predicted octanol–water partition coefficient (Wildman–Crippen LogP) is 6.57. The molecule has 0 radical (unpaired) electrons. The van der Waals surface area contributed by atoms with Crippen LogP contribution in [0.3, 0.4) is 0 Å². The Bertz CT molecular complexity index is 1390. The van der Waals surface area contributed by atoms with Crippen molar-refractivity contribution in [2.24, 2.45) is 0 Å². The number of rotatable bonds is 3. The highest BCUT2D eigenvalue weighted by atomic mass is 32.2. The Morgan fingerprint density at radius 2 is 1.05 bits per heavy atom. The minimum atomic E-state index is -0.512. The Hall–Kier alpha value is -1.67. The molecule has 3 heterocycles. The molecule has 0 bridgehead atoms. The molecule has 0 amide bonds. The first-order valence-corrected chi connectivity index (χ1v) is 14.8. The molecule has 3 aromatic carbocycles. The molecular weight excluding hydrogens is 510 g/mol. The molecule has 0 unspecified atom stereocenters. The van der Waals surface area contributed by atoms with E-state index >= 15 is 0 Å². The Balaban J connectivity index is 1.47. The van der Waals surface area contributed by atoms with Crippen LogP contribution in [0.5, 0.6) is 0 Å². The van der Waals surface area contributed by atoms with Crippen molar-refractivity contribution in [2.45, 2.75) is 97.4 Å². The summed E-state index contributed by atoms with van der Waals surface area (Å²) in [5, 5.41) is 0. The molecule has 3 aromatic rings. The molecule has 8 heteroatoms. The van der Waals surface area contributed by atoms with Gasteiger partial charge in [0, 0.05) is 19.6 Å². The molecule has 3 aliphatic rings. The Morgan fingerprint density at radius 1 is 0.526 bits per heavy atom. The van der Waals surface area contributed by atoms with Crippen LogP contribution < -0.4 is 10.9 Å². The highest BCUT2D eigenvalue weighted by molar-refractivity contribution is 8.05. The van der Waals surface area contributed by atoms with Gasteiger partial charge in [-0.2, -0.15) is 0 Å². The van der Waals surface area contributed by atoms with Crippen LogP contribution in [0.25, 0.3) is 11.1 Å². The van der Waals surface area contributed by atoms with E-state index < -0.39 is 36.6 Å². The topological polar surface area (TPSA) is 36.9 Å². The molecule has 0 aliphatic carbocycles. The third-order valence-electron chi connectivity index (χ3n) is 8.66. The van der Waals surface area contributed by atoms with Gasteiger partial charge in [0.15, 0.2) is 0 Å². The first-order valence-electron chi connectivity index (χ1n) is 13.2. The van der Waals surface area contributed by atoms with Crippen molar-refractivity contribution in [3.63, 3.8) is 0 Å². The number of fused-ring (bicyclic) bond motifs is 2. The molecular formula is C30H34B2O4S2. The van der Waals surface area contributed by atoms with Gasteiger partial charge in [-0.25, -0.2) is 0 Å². The van der Waals surface area contributed by atoms with Crippen LogP contribution in [0.2, 0.25) is 0 Å². The lowest BCUT2D eigenvalue weighted by Gasteiger charge is -2.32. The van der Waals surface area contributed by atoms with Crippen LogP contribution in [0.4, 0.5) is 0 Å². The standard InChI is InChI=1S/C30H34B2O4S2/c1-27(2)28(3,4)34-31(33-27)19-16-17-20(22(18-19)32-35-29(5,6)30(7,8)36-32)21-12-11-15-25-26(21)38-24-14-10-9-13-23(24)37-25/h9-18H,1-8H3. The summed E-state index contributed by atoms with van der Waals surface area (Å²) in [6, 6.07) is 21.6. The number of hydrogen-bond acceptors (Lipinski definition) is 6. The minimum absolute atomic E-state index is 0.416. The Morgan fingerprint density at radius 3 is 1.66 bits per heavy atom. The van der Waals surface area contributed by atoms with Gasteiger partial charge in [0.05, 0.1) is 22.4 Å². The highest BCUT2D eigenvalue weighted by Crippen LogP contribution is 2.51. The summed E-state index contributed by atoms with van der Waals surface area (Å²) in [7, 11) is -0.974. The van der Waals surface area contributed by atoms with Gasteiger partial charge in [-0.1, -0.05) is 66.0 Å². The second-order valence-electron chi connectivity index (χ2n) is 12.3. The van der Waals surface area contributed by atoms with Crippen molar-refractivity contribution in [1.29, 1.82) is 0 Å². The Labute approximate surface area is 235 Å². The molecule has 2 saturated heterocycles. The summed E-state index contributed by atoms with van der Waals surface area (Å²) >= 11 is 3.66. The third kappa shape index (κ3) is 4.29. The Kier molecular flexibility index (Phi) is 6.23. The van der Waals surface area contributed by atoms with Gasteiger partial charge in [0.25, 0.3) is 0 Å². The molecule has 196 valence electrons. The largest absolute Gasteiger partial charge is 0.495 e. The maximum absolute atomic E-state index is 6.60. The van der Waals surface area contributed by atoms with Gasteiger partial charge < -0.3 is 18.6 Å². The van der Waals surface area contributed by atoms with Gasteiger partial charge in [0.2, 0.25) is 0 Å². The summed E-state index contributed by atoms with van der Waals surface area (Å²) in [5.74, 6) is 0. The van der Waals surface area contributed by atoms with E-state index in [1.54, 1.807) is 0 Å². The average molecular weight is 544 g/mol. The fourth-order valence-electron chi connectivity index (χ4n) is 4.88. The van der Waals surface area contributed by atoms with E-state index in [4.69, 9.17) is 18.6 Å². The SMILES string of the molecule is CC1(C)OB(c2ccc(-c3cccc4c3Sc3ccccc3S4)c(B3OC(C)(C)C(C)(C)O3)c2)OC1(C)C. The fraction of sp³-hybridized carbons (Fsp3) is 0.400.